The van der Waals surface area contributed by atoms with Gasteiger partial charge in [0.1, 0.15) is 19.3 Å². The van der Waals surface area contributed by atoms with Crippen LogP contribution in [-0.2, 0) is 27.9 Å². The summed E-state index contributed by atoms with van der Waals surface area (Å²) < 4.78 is 30.7. The van der Waals surface area contributed by atoms with Gasteiger partial charge in [-0.1, -0.05) is 278 Å². The average molecular weight is 1120 g/mol. The second-order valence-electron chi connectivity index (χ2n) is 22.7. The lowest BCUT2D eigenvalue weighted by Gasteiger charge is -2.27. The van der Waals surface area contributed by atoms with E-state index in [0.29, 0.717) is 17.4 Å². The Morgan fingerprint density at radius 2 is 0.861 bits per heavy atom. The van der Waals surface area contributed by atoms with Gasteiger partial charge in [-0.05, 0) is 83.1 Å². The molecule has 0 saturated heterocycles. The van der Waals surface area contributed by atoms with Gasteiger partial charge in [0, 0.05) is 12.8 Å². The number of hydrogen-bond acceptors (Lipinski definition) is 6. The van der Waals surface area contributed by atoms with Gasteiger partial charge >= 0.3 is 13.8 Å². The summed E-state index contributed by atoms with van der Waals surface area (Å²) in [6.45, 7) is 6.81. The number of ether oxygens (including phenoxy) is 1. The van der Waals surface area contributed by atoms with Gasteiger partial charge in [0.05, 0.1) is 33.8 Å². The van der Waals surface area contributed by atoms with Crippen molar-refractivity contribution in [3.05, 3.63) is 109 Å². The molecule has 0 rings (SSSR count). The Morgan fingerprint density at radius 1 is 0.468 bits per heavy atom. The van der Waals surface area contributed by atoms with Crippen molar-refractivity contribution in [1.82, 2.24) is 5.32 Å². The van der Waals surface area contributed by atoms with Gasteiger partial charge in [0.15, 0.2) is 0 Å². The van der Waals surface area contributed by atoms with Gasteiger partial charge in [-0.15, -0.1) is 0 Å². The minimum Gasteiger partial charge on any atom is -0.456 e. The van der Waals surface area contributed by atoms with Crippen LogP contribution in [0.3, 0.4) is 0 Å². The van der Waals surface area contributed by atoms with E-state index in [2.05, 4.69) is 62.5 Å². The predicted octanol–water partition coefficient (Wildman–Crippen LogP) is 20.1. The summed E-state index contributed by atoms with van der Waals surface area (Å²) >= 11 is 0. The SMILES string of the molecule is CC\C=C/C=C/C=C/C=C\C=C\C=C\CCCCCC(=O)NC(COP(=O)(O)OCC[N+](C)(C)C)C(/C=C\CCCCCCCCCCCCC)OC(=O)CCCCCCCCCCCCCCC/C=C\C/C=C\CCCCC. The maximum atomic E-state index is 13.5. The first-order valence-electron chi connectivity index (χ1n) is 32.3. The number of nitrogens with one attached hydrogen (secondary N) is 1. The second kappa shape index (κ2) is 57.9. The fourth-order valence-electron chi connectivity index (χ4n) is 8.88. The van der Waals surface area contributed by atoms with Crippen LogP contribution in [0.2, 0.25) is 0 Å². The Bertz CT molecular complexity index is 1720. The van der Waals surface area contributed by atoms with E-state index in [1.54, 1.807) is 0 Å². The van der Waals surface area contributed by atoms with Crippen LogP contribution in [0.15, 0.2) is 109 Å². The Morgan fingerprint density at radius 3 is 1.35 bits per heavy atom. The number of nitrogens with zero attached hydrogens (tertiary/aromatic N) is 1. The van der Waals surface area contributed by atoms with Gasteiger partial charge in [-0.3, -0.25) is 18.6 Å². The number of quaternary nitrogens is 1. The lowest BCUT2D eigenvalue weighted by molar-refractivity contribution is -0.870. The standard InChI is InChI=1S/C69H121N2O7P/c1-7-10-13-16-19-22-25-28-30-32-33-34-35-36-37-39-41-44-47-50-53-56-59-62-69(73)78-67(60-57-54-51-48-45-42-27-24-21-18-15-12-9-3)66(65-77-79(74,75)76-64-63-71(4,5)6)70-68(72)61-58-55-52-49-46-43-40-38-31-29-26-23-20-17-14-11-8-2/h11,14,17,19-20,22-23,26,28-31,38,40,43,46,57,60,66-67H,7-10,12-13,15-16,18,21,24-25,27,32-37,39,41-42,44-45,47-56,58-59,61-65H2,1-6H3,(H-,70,72,74,75)/p+1/b14-11-,20-17+,22-19-,26-23+,30-28-,31-29-,40-38+,46-43+,60-57-. The van der Waals surface area contributed by atoms with E-state index < -0.39 is 20.0 Å². The third-order valence-corrected chi connectivity index (χ3v) is 14.8. The molecule has 0 aliphatic rings. The molecule has 79 heavy (non-hydrogen) atoms. The van der Waals surface area contributed by atoms with Crippen LogP contribution < -0.4 is 5.32 Å². The predicted molar refractivity (Wildman–Crippen MR) is 341 cm³/mol. The van der Waals surface area contributed by atoms with Crippen molar-refractivity contribution >= 4 is 19.7 Å². The molecule has 0 fully saturated rings. The molecule has 454 valence electrons. The van der Waals surface area contributed by atoms with Crippen molar-refractivity contribution in [2.24, 2.45) is 0 Å². The van der Waals surface area contributed by atoms with Crippen LogP contribution in [0.25, 0.3) is 0 Å². The van der Waals surface area contributed by atoms with E-state index in [9.17, 15) is 19.0 Å². The summed E-state index contributed by atoms with van der Waals surface area (Å²) in [4.78, 5) is 37.8. The molecule has 0 saturated carbocycles. The molecule has 0 radical (unpaired) electrons. The molecule has 0 spiro atoms. The summed E-state index contributed by atoms with van der Waals surface area (Å²) in [5.41, 5.74) is 0. The zero-order valence-corrected chi connectivity index (χ0v) is 52.7. The molecular weight excluding hydrogens is 1000 g/mol. The van der Waals surface area contributed by atoms with Gasteiger partial charge in [0.2, 0.25) is 5.91 Å². The molecule has 2 N–H and O–H groups in total. The summed E-state index contributed by atoms with van der Waals surface area (Å²) in [6.07, 6.45) is 79.5. The van der Waals surface area contributed by atoms with E-state index in [-0.39, 0.29) is 37.9 Å². The number of esters is 1. The van der Waals surface area contributed by atoms with Crippen LogP contribution in [0.4, 0.5) is 0 Å². The Kier molecular flexibility index (Phi) is 55.4. The van der Waals surface area contributed by atoms with Gasteiger partial charge in [0.25, 0.3) is 0 Å². The first-order valence-corrected chi connectivity index (χ1v) is 33.8. The first kappa shape index (κ1) is 75.7. The normalized spacial score (nSPS) is 14.4. The zero-order valence-electron chi connectivity index (χ0n) is 51.8. The van der Waals surface area contributed by atoms with E-state index in [1.165, 1.54) is 154 Å². The van der Waals surface area contributed by atoms with Gasteiger partial charge in [-0.2, -0.15) is 0 Å². The smallest absolute Gasteiger partial charge is 0.456 e. The summed E-state index contributed by atoms with van der Waals surface area (Å²) in [5, 5.41) is 3.03. The van der Waals surface area contributed by atoms with E-state index in [4.69, 9.17) is 13.8 Å². The lowest BCUT2D eigenvalue weighted by Crippen LogP contribution is -2.47. The quantitative estimate of drug-likeness (QED) is 0.0156. The average Bonchev–Trinajstić information content (AvgIpc) is 3.41. The van der Waals surface area contributed by atoms with Crippen LogP contribution in [0.1, 0.15) is 265 Å². The van der Waals surface area contributed by atoms with Crippen LogP contribution >= 0.6 is 7.82 Å². The molecule has 1 amide bonds. The highest BCUT2D eigenvalue weighted by atomic mass is 31.2. The lowest BCUT2D eigenvalue weighted by atomic mass is 10.0. The van der Waals surface area contributed by atoms with Crippen molar-refractivity contribution in [2.45, 2.75) is 277 Å². The number of amides is 1. The molecule has 3 atom stereocenters. The molecular formula is C69H122N2O7P+. The topological polar surface area (TPSA) is 111 Å². The maximum Gasteiger partial charge on any atom is 0.472 e. The number of carbonyl (C=O) groups is 2. The van der Waals surface area contributed by atoms with E-state index in [0.717, 1.165) is 70.6 Å². The Balaban J connectivity index is 5.27. The molecule has 0 aliphatic carbocycles. The number of hydrogen-bond donors (Lipinski definition) is 2. The minimum atomic E-state index is -4.47. The third kappa shape index (κ3) is 59.1. The summed E-state index contributed by atoms with van der Waals surface area (Å²) in [7, 11) is 1.45. The number of likely N-dealkylation sites (N-methyl/N-ethyl adjacent to an activating group) is 1. The second-order valence-corrected chi connectivity index (χ2v) is 24.2. The van der Waals surface area contributed by atoms with Crippen molar-refractivity contribution in [1.29, 1.82) is 0 Å². The van der Waals surface area contributed by atoms with Crippen molar-refractivity contribution in [3.8, 4) is 0 Å². The highest BCUT2D eigenvalue weighted by molar-refractivity contribution is 7.47. The number of rotatable bonds is 57. The van der Waals surface area contributed by atoms with Crippen LogP contribution in [-0.4, -0.2) is 74.3 Å². The zero-order chi connectivity index (χ0) is 57.9. The largest absolute Gasteiger partial charge is 0.472 e. The fourth-order valence-corrected chi connectivity index (χ4v) is 9.62. The molecule has 9 nitrogen and oxygen atoms in total. The van der Waals surface area contributed by atoms with Crippen LogP contribution in [0, 0.1) is 0 Å². The molecule has 0 heterocycles. The van der Waals surface area contributed by atoms with Gasteiger partial charge < -0.3 is 19.4 Å². The fraction of sp³-hybridized carbons (Fsp3) is 0.710. The number of allylic oxidation sites excluding steroid dienone is 17. The van der Waals surface area contributed by atoms with E-state index >= 15 is 0 Å². The third-order valence-electron chi connectivity index (χ3n) is 13.9. The number of phosphoric ester groups is 1. The minimum absolute atomic E-state index is 0.0259. The van der Waals surface area contributed by atoms with E-state index in [1.807, 2.05) is 94.1 Å². The Hall–Kier alpha value is -3.33. The van der Waals surface area contributed by atoms with Gasteiger partial charge in [-0.25, -0.2) is 4.57 Å². The first-order chi connectivity index (χ1) is 38.4. The molecule has 0 aromatic heterocycles. The monoisotopic (exact) mass is 1120 g/mol. The van der Waals surface area contributed by atoms with Crippen LogP contribution in [0.5, 0.6) is 0 Å². The molecule has 0 aromatic carbocycles. The number of carbonyl (C=O) groups excluding carboxylic acids is 2. The molecule has 10 heteroatoms. The summed E-state index contributed by atoms with van der Waals surface area (Å²) in [6, 6.07) is -0.879. The van der Waals surface area contributed by atoms with Crippen molar-refractivity contribution in [3.63, 3.8) is 0 Å². The molecule has 0 bridgehead atoms. The maximum absolute atomic E-state index is 13.5. The highest BCUT2D eigenvalue weighted by Gasteiger charge is 2.30. The number of phosphoric acid groups is 1. The number of unbranched alkanes of at least 4 members (excludes halogenated alkanes) is 30. The molecule has 0 aliphatic heterocycles. The molecule has 3 unspecified atom stereocenters. The van der Waals surface area contributed by atoms with Crippen molar-refractivity contribution < 1.29 is 37.3 Å². The highest BCUT2D eigenvalue weighted by Crippen LogP contribution is 2.43. The molecule has 0 aromatic rings. The Labute approximate surface area is 487 Å². The summed E-state index contributed by atoms with van der Waals surface area (Å²) in [5.74, 6) is -0.558. The van der Waals surface area contributed by atoms with Crippen molar-refractivity contribution in [2.75, 3.05) is 40.9 Å².